The van der Waals surface area contributed by atoms with Crippen LogP contribution in [-0.4, -0.2) is 41.3 Å². The second kappa shape index (κ2) is 6.68. The molecule has 0 aliphatic carbocycles. The number of carbonyl (C=O) groups is 2. The SMILES string of the molecule is C[C@@H]1CN(C(=O)/C=C/c2cccs2)C[C@]12CCN(c1cccnc1)C2=O. The number of likely N-dealkylation sites (tertiary alicyclic amines) is 1. The third-order valence-corrected chi connectivity index (χ3v) is 6.40. The molecule has 0 N–H and O–H groups in total. The van der Waals surface area contributed by atoms with Crippen molar-refractivity contribution in [3.63, 3.8) is 0 Å². The van der Waals surface area contributed by atoms with Crippen molar-refractivity contribution in [3.05, 3.63) is 53.0 Å². The van der Waals surface area contributed by atoms with Gasteiger partial charge in [0.25, 0.3) is 0 Å². The van der Waals surface area contributed by atoms with E-state index in [9.17, 15) is 9.59 Å². The van der Waals surface area contributed by atoms with Crippen LogP contribution in [0.3, 0.4) is 0 Å². The lowest BCUT2D eigenvalue weighted by molar-refractivity contribution is -0.128. The third-order valence-electron chi connectivity index (χ3n) is 5.57. The number of pyridine rings is 1. The highest BCUT2D eigenvalue weighted by atomic mass is 32.1. The Labute approximate surface area is 157 Å². The van der Waals surface area contributed by atoms with Gasteiger partial charge in [0.2, 0.25) is 11.8 Å². The molecule has 1 spiro atoms. The number of rotatable bonds is 3. The fourth-order valence-corrected chi connectivity index (χ4v) is 4.65. The first-order valence-electron chi connectivity index (χ1n) is 8.83. The van der Waals surface area contributed by atoms with E-state index in [0.717, 1.165) is 17.0 Å². The molecule has 2 atom stereocenters. The van der Waals surface area contributed by atoms with E-state index in [0.29, 0.717) is 19.6 Å². The summed E-state index contributed by atoms with van der Waals surface area (Å²) in [4.78, 5) is 34.6. The first-order chi connectivity index (χ1) is 12.6. The van der Waals surface area contributed by atoms with Gasteiger partial charge < -0.3 is 9.80 Å². The topological polar surface area (TPSA) is 53.5 Å². The lowest BCUT2D eigenvalue weighted by Gasteiger charge is -2.26. The van der Waals surface area contributed by atoms with Crippen molar-refractivity contribution in [2.24, 2.45) is 11.3 Å². The quantitative estimate of drug-likeness (QED) is 0.784. The lowest BCUT2D eigenvalue weighted by Crippen LogP contribution is -2.40. The maximum atomic E-state index is 13.2. The van der Waals surface area contributed by atoms with Crippen LogP contribution in [-0.2, 0) is 9.59 Å². The summed E-state index contributed by atoms with van der Waals surface area (Å²) in [6, 6.07) is 7.70. The molecule has 4 rings (SSSR count). The predicted molar refractivity (Wildman–Crippen MR) is 103 cm³/mol. The van der Waals surface area contributed by atoms with Gasteiger partial charge in [0.15, 0.2) is 0 Å². The molecule has 6 heteroatoms. The number of carbonyl (C=O) groups excluding carboxylic acids is 2. The van der Waals surface area contributed by atoms with Gasteiger partial charge in [-0.1, -0.05) is 13.0 Å². The average molecular weight is 367 g/mol. The molecule has 2 aliphatic rings. The molecule has 0 aromatic carbocycles. The van der Waals surface area contributed by atoms with Crippen molar-refractivity contribution in [1.82, 2.24) is 9.88 Å². The molecule has 0 radical (unpaired) electrons. The molecule has 26 heavy (non-hydrogen) atoms. The predicted octanol–water partition coefficient (Wildman–Crippen LogP) is 3.06. The minimum Gasteiger partial charge on any atom is -0.338 e. The van der Waals surface area contributed by atoms with E-state index in [4.69, 9.17) is 0 Å². The third kappa shape index (κ3) is 2.84. The molecular formula is C20H21N3O2S. The van der Waals surface area contributed by atoms with Crippen LogP contribution in [0, 0.1) is 11.3 Å². The number of hydrogen-bond acceptors (Lipinski definition) is 4. The first kappa shape index (κ1) is 17.0. The summed E-state index contributed by atoms with van der Waals surface area (Å²) in [6.45, 7) is 3.89. The summed E-state index contributed by atoms with van der Waals surface area (Å²) in [5.74, 6) is 0.251. The van der Waals surface area contributed by atoms with Gasteiger partial charge in [-0.3, -0.25) is 14.6 Å². The van der Waals surface area contributed by atoms with Crippen LogP contribution in [0.15, 0.2) is 48.1 Å². The number of anilines is 1. The molecule has 2 saturated heterocycles. The zero-order valence-electron chi connectivity index (χ0n) is 14.7. The highest BCUT2D eigenvalue weighted by molar-refractivity contribution is 7.10. The zero-order valence-corrected chi connectivity index (χ0v) is 15.5. The first-order valence-corrected chi connectivity index (χ1v) is 9.71. The van der Waals surface area contributed by atoms with Crippen molar-refractivity contribution in [2.45, 2.75) is 13.3 Å². The number of thiophene rings is 1. The van der Waals surface area contributed by atoms with Crippen molar-refractivity contribution in [3.8, 4) is 0 Å². The Morgan fingerprint density at radius 3 is 3.00 bits per heavy atom. The molecule has 0 unspecified atom stereocenters. The maximum Gasteiger partial charge on any atom is 0.246 e. The smallest absolute Gasteiger partial charge is 0.246 e. The summed E-state index contributed by atoms with van der Waals surface area (Å²) in [6.07, 6.45) is 7.68. The maximum absolute atomic E-state index is 13.2. The molecular weight excluding hydrogens is 346 g/mol. The number of amides is 2. The van der Waals surface area contributed by atoms with Crippen LogP contribution in [0.5, 0.6) is 0 Å². The largest absolute Gasteiger partial charge is 0.338 e. The van der Waals surface area contributed by atoms with E-state index < -0.39 is 5.41 Å². The second-order valence-electron chi connectivity index (χ2n) is 7.04. The zero-order chi connectivity index (χ0) is 18.1. The fraction of sp³-hybridized carbons (Fsp3) is 0.350. The van der Waals surface area contributed by atoms with Crippen molar-refractivity contribution in [1.29, 1.82) is 0 Å². The van der Waals surface area contributed by atoms with Gasteiger partial charge in [-0.05, 0) is 42.0 Å². The van der Waals surface area contributed by atoms with Gasteiger partial charge >= 0.3 is 0 Å². The summed E-state index contributed by atoms with van der Waals surface area (Å²) in [7, 11) is 0. The number of aromatic nitrogens is 1. The Balaban J connectivity index is 1.50. The van der Waals surface area contributed by atoms with Gasteiger partial charge in [0, 0.05) is 36.8 Å². The Hall–Kier alpha value is -2.47. The Bertz CT molecular complexity index is 834. The van der Waals surface area contributed by atoms with Crippen LogP contribution < -0.4 is 4.90 Å². The van der Waals surface area contributed by atoms with Crippen LogP contribution in [0.4, 0.5) is 5.69 Å². The van der Waals surface area contributed by atoms with Crippen LogP contribution in [0.1, 0.15) is 18.2 Å². The van der Waals surface area contributed by atoms with Crippen LogP contribution in [0.2, 0.25) is 0 Å². The van der Waals surface area contributed by atoms with Crippen molar-refractivity contribution < 1.29 is 9.59 Å². The minimum absolute atomic E-state index is 0.0187. The molecule has 2 amide bonds. The molecule has 134 valence electrons. The van der Waals surface area contributed by atoms with E-state index >= 15 is 0 Å². The lowest BCUT2D eigenvalue weighted by atomic mass is 9.78. The van der Waals surface area contributed by atoms with E-state index in [1.54, 1.807) is 29.8 Å². The highest BCUT2D eigenvalue weighted by Gasteiger charge is 2.56. The fourth-order valence-electron chi connectivity index (χ4n) is 4.03. The van der Waals surface area contributed by atoms with Gasteiger partial charge in [0.1, 0.15) is 0 Å². The summed E-state index contributed by atoms with van der Waals surface area (Å²) in [5.41, 5.74) is 0.367. The Morgan fingerprint density at radius 2 is 2.27 bits per heavy atom. The van der Waals surface area contributed by atoms with Crippen LogP contribution >= 0.6 is 11.3 Å². The molecule has 4 heterocycles. The van der Waals surface area contributed by atoms with Gasteiger partial charge in [-0.25, -0.2) is 0 Å². The van der Waals surface area contributed by atoms with E-state index in [1.165, 1.54) is 0 Å². The number of nitrogens with zero attached hydrogens (tertiary/aromatic N) is 3. The van der Waals surface area contributed by atoms with E-state index in [2.05, 4.69) is 11.9 Å². The molecule has 0 bridgehead atoms. The van der Waals surface area contributed by atoms with Gasteiger partial charge in [-0.2, -0.15) is 0 Å². The Morgan fingerprint density at radius 1 is 1.38 bits per heavy atom. The molecule has 2 aromatic rings. The van der Waals surface area contributed by atoms with Gasteiger partial charge in [0.05, 0.1) is 17.3 Å². The van der Waals surface area contributed by atoms with Crippen molar-refractivity contribution >= 4 is 34.9 Å². The Kier molecular flexibility index (Phi) is 4.36. The molecule has 0 saturated carbocycles. The van der Waals surface area contributed by atoms with E-state index in [-0.39, 0.29) is 17.7 Å². The minimum atomic E-state index is -0.470. The summed E-state index contributed by atoms with van der Waals surface area (Å²) in [5, 5.41) is 1.99. The average Bonchev–Trinajstić information content (AvgIpc) is 3.36. The summed E-state index contributed by atoms with van der Waals surface area (Å²) < 4.78 is 0. The van der Waals surface area contributed by atoms with Crippen LogP contribution in [0.25, 0.3) is 6.08 Å². The number of hydrogen-bond donors (Lipinski definition) is 0. The standard InChI is InChI=1S/C20H21N3O2S/c1-15-13-22(18(24)7-6-17-5-3-11-26-17)14-20(15)8-10-23(19(20)25)16-4-2-9-21-12-16/h2-7,9,11-12,15H,8,10,13-14H2,1H3/b7-6+/t15-,20-/m1/s1. The normalized spacial score (nSPS) is 25.7. The second-order valence-corrected chi connectivity index (χ2v) is 8.02. The monoisotopic (exact) mass is 367 g/mol. The molecule has 2 aliphatic heterocycles. The van der Waals surface area contributed by atoms with E-state index in [1.807, 2.05) is 45.5 Å². The molecule has 2 fully saturated rings. The summed E-state index contributed by atoms with van der Waals surface area (Å²) >= 11 is 1.60. The molecule has 2 aromatic heterocycles. The van der Waals surface area contributed by atoms with Crippen molar-refractivity contribution in [2.75, 3.05) is 24.5 Å². The molecule has 5 nitrogen and oxygen atoms in total. The highest BCUT2D eigenvalue weighted by Crippen LogP contribution is 2.45. The van der Waals surface area contributed by atoms with Gasteiger partial charge in [-0.15, -0.1) is 11.3 Å².